The van der Waals surface area contributed by atoms with Crippen molar-refractivity contribution in [1.29, 1.82) is 0 Å². The first-order chi connectivity index (χ1) is 11.3. The number of amides is 1. The predicted molar refractivity (Wildman–Crippen MR) is 86.1 cm³/mol. The van der Waals surface area contributed by atoms with Gasteiger partial charge < -0.3 is 4.74 Å². The average Bonchev–Trinajstić information content (AvgIpc) is 2.62. The molecule has 1 aromatic heterocycles. The number of hydrogen-bond acceptors (Lipinski definition) is 5. The molecule has 2 N–H and O–H groups in total. The number of hydrogen-bond donors (Lipinski definition) is 2. The molecule has 2 aromatic carbocycles. The van der Waals surface area contributed by atoms with Gasteiger partial charge in [-0.3, -0.25) is 15.6 Å². The van der Waals surface area contributed by atoms with Gasteiger partial charge in [-0.05, 0) is 36.4 Å². The van der Waals surface area contributed by atoms with Gasteiger partial charge in [-0.2, -0.15) is 0 Å². The van der Waals surface area contributed by atoms with E-state index < -0.39 is 0 Å². The summed E-state index contributed by atoms with van der Waals surface area (Å²) in [6.45, 7) is 0. The SMILES string of the molecule is O=C(NNc1ncccn1)c1cccc(Oc2ccccc2)c1. The molecule has 6 nitrogen and oxygen atoms in total. The lowest BCUT2D eigenvalue weighted by molar-refractivity contribution is 0.0962. The molecule has 0 fully saturated rings. The minimum atomic E-state index is -0.309. The molecule has 0 saturated carbocycles. The van der Waals surface area contributed by atoms with Crippen LogP contribution in [0.4, 0.5) is 5.95 Å². The molecular formula is C17H14N4O2. The van der Waals surface area contributed by atoms with Crippen LogP contribution < -0.4 is 15.6 Å². The Morgan fingerprint density at radius 2 is 1.61 bits per heavy atom. The number of aromatic nitrogens is 2. The van der Waals surface area contributed by atoms with Gasteiger partial charge in [0.25, 0.3) is 5.91 Å². The van der Waals surface area contributed by atoms with E-state index in [0.717, 1.165) is 0 Å². The van der Waals surface area contributed by atoms with Crippen LogP contribution in [0.2, 0.25) is 0 Å². The van der Waals surface area contributed by atoms with Crippen molar-refractivity contribution in [3.63, 3.8) is 0 Å². The molecule has 0 aliphatic carbocycles. The highest BCUT2D eigenvalue weighted by atomic mass is 16.5. The Bertz CT molecular complexity index is 779. The van der Waals surface area contributed by atoms with Crippen molar-refractivity contribution in [1.82, 2.24) is 15.4 Å². The molecule has 6 heteroatoms. The maximum atomic E-state index is 12.1. The fourth-order valence-electron chi connectivity index (χ4n) is 1.87. The van der Waals surface area contributed by atoms with Crippen molar-refractivity contribution in [2.24, 2.45) is 0 Å². The fraction of sp³-hybridized carbons (Fsp3) is 0. The van der Waals surface area contributed by atoms with E-state index in [2.05, 4.69) is 20.8 Å². The topological polar surface area (TPSA) is 76.1 Å². The third-order valence-corrected chi connectivity index (χ3v) is 2.93. The van der Waals surface area contributed by atoms with Crippen molar-refractivity contribution < 1.29 is 9.53 Å². The smallest absolute Gasteiger partial charge is 0.269 e. The van der Waals surface area contributed by atoms with E-state index >= 15 is 0 Å². The highest BCUT2D eigenvalue weighted by molar-refractivity contribution is 5.95. The van der Waals surface area contributed by atoms with Crippen LogP contribution in [0.3, 0.4) is 0 Å². The average molecular weight is 306 g/mol. The Morgan fingerprint density at radius 3 is 2.39 bits per heavy atom. The molecule has 0 aliphatic rings. The zero-order valence-corrected chi connectivity index (χ0v) is 12.1. The van der Waals surface area contributed by atoms with E-state index in [1.165, 1.54) is 0 Å². The number of benzene rings is 2. The quantitative estimate of drug-likeness (QED) is 0.709. The van der Waals surface area contributed by atoms with Crippen LogP contribution in [0.5, 0.6) is 11.5 Å². The van der Waals surface area contributed by atoms with Gasteiger partial charge in [0, 0.05) is 18.0 Å². The van der Waals surface area contributed by atoms with Gasteiger partial charge in [0.2, 0.25) is 5.95 Å². The minimum Gasteiger partial charge on any atom is -0.457 e. The molecule has 3 rings (SSSR count). The van der Waals surface area contributed by atoms with Gasteiger partial charge >= 0.3 is 0 Å². The maximum absolute atomic E-state index is 12.1. The van der Waals surface area contributed by atoms with E-state index in [1.807, 2.05) is 30.3 Å². The molecule has 0 radical (unpaired) electrons. The second kappa shape index (κ2) is 7.04. The number of hydrazine groups is 1. The highest BCUT2D eigenvalue weighted by Crippen LogP contribution is 2.21. The Balaban J connectivity index is 1.65. The first-order valence-electron chi connectivity index (χ1n) is 6.97. The summed E-state index contributed by atoms with van der Waals surface area (Å²) in [7, 11) is 0. The third kappa shape index (κ3) is 4.04. The molecule has 1 amide bonds. The van der Waals surface area contributed by atoms with Crippen molar-refractivity contribution in [3.05, 3.63) is 78.6 Å². The summed E-state index contributed by atoms with van der Waals surface area (Å²) in [4.78, 5) is 20.1. The molecule has 0 spiro atoms. The van der Waals surface area contributed by atoms with Gasteiger partial charge in [-0.25, -0.2) is 9.97 Å². The standard InChI is InChI=1S/C17H14N4O2/c22-16(20-21-17-18-10-5-11-19-17)13-6-4-9-15(12-13)23-14-7-2-1-3-8-14/h1-12H,(H,20,22)(H,18,19,21). The Labute approximate surface area is 133 Å². The number of carbonyl (C=O) groups is 1. The summed E-state index contributed by atoms with van der Waals surface area (Å²) in [5, 5.41) is 0. The fourth-order valence-corrected chi connectivity index (χ4v) is 1.87. The second-order valence-electron chi connectivity index (χ2n) is 4.59. The summed E-state index contributed by atoms with van der Waals surface area (Å²) in [6, 6.07) is 18.0. The van der Waals surface area contributed by atoms with Crippen molar-refractivity contribution >= 4 is 11.9 Å². The largest absolute Gasteiger partial charge is 0.457 e. The minimum absolute atomic E-state index is 0.309. The Hall–Kier alpha value is -3.41. The monoisotopic (exact) mass is 306 g/mol. The molecule has 0 bridgehead atoms. The highest BCUT2D eigenvalue weighted by Gasteiger charge is 2.07. The van der Waals surface area contributed by atoms with E-state index in [4.69, 9.17) is 4.74 Å². The van der Waals surface area contributed by atoms with Crippen molar-refractivity contribution in [3.8, 4) is 11.5 Å². The summed E-state index contributed by atoms with van der Waals surface area (Å²) < 4.78 is 5.71. The maximum Gasteiger partial charge on any atom is 0.269 e. The van der Waals surface area contributed by atoms with Crippen LogP contribution in [0.15, 0.2) is 73.1 Å². The van der Waals surface area contributed by atoms with Crippen molar-refractivity contribution in [2.75, 3.05) is 5.43 Å². The van der Waals surface area contributed by atoms with Gasteiger partial charge in [-0.15, -0.1) is 0 Å². The number of anilines is 1. The van der Waals surface area contributed by atoms with Gasteiger partial charge in [0.05, 0.1) is 0 Å². The molecule has 114 valence electrons. The van der Waals surface area contributed by atoms with Crippen LogP contribution in [-0.2, 0) is 0 Å². The first-order valence-corrected chi connectivity index (χ1v) is 6.97. The lowest BCUT2D eigenvalue weighted by atomic mass is 10.2. The molecule has 1 heterocycles. The molecule has 0 saturated heterocycles. The summed E-state index contributed by atoms with van der Waals surface area (Å²) in [6.07, 6.45) is 3.16. The molecule has 0 unspecified atom stereocenters. The summed E-state index contributed by atoms with van der Waals surface area (Å²) in [5.41, 5.74) is 5.65. The number of carbonyl (C=O) groups excluding carboxylic acids is 1. The van der Waals surface area contributed by atoms with Gasteiger partial charge in [0.15, 0.2) is 0 Å². The predicted octanol–water partition coefficient (Wildman–Crippen LogP) is 3.03. The van der Waals surface area contributed by atoms with Gasteiger partial charge in [0.1, 0.15) is 11.5 Å². The normalized spacial score (nSPS) is 9.91. The number of para-hydroxylation sites is 1. The van der Waals surface area contributed by atoms with E-state index in [0.29, 0.717) is 23.0 Å². The number of nitrogens with zero attached hydrogens (tertiary/aromatic N) is 2. The van der Waals surface area contributed by atoms with Gasteiger partial charge in [-0.1, -0.05) is 24.3 Å². The van der Waals surface area contributed by atoms with E-state index in [9.17, 15) is 4.79 Å². The Morgan fingerprint density at radius 1 is 0.870 bits per heavy atom. The number of nitrogens with one attached hydrogen (secondary N) is 2. The lowest BCUT2D eigenvalue weighted by Crippen LogP contribution is -2.30. The molecule has 0 aliphatic heterocycles. The van der Waals surface area contributed by atoms with Crippen LogP contribution in [0.25, 0.3) is 0 Å². The number of ether oxygens (including phenoxy) is 1. The third-order valence-electron chi connectivity index (χ3n) is 2.93. The van der Waals surface area contributed by atoms with Crippen LogP contribution in [0, 0.1) is 0 Å². The molecule has 0 atom stereocenters. The summed E-state index contributed by atoms with van der Waals surface area (Å²) >= 11 is 0. The summed E-state index contributed by atoms with van der Waals surface area (Å²) in [5.74, 6) is 1.30. The molecule has 23 heavy (non-hydrogen) atoms. The van der Waals surface area contributed by atoms with Crippen LogP contribution >= 0.6 is 0 Å². The second-order valence-corrected chi connectivity index (χ2v) is 4.59. The first kappa shape index (κ1) is 14.5. The zero-order valence-electron chi connectivity index (χ0n) is 12.1. The number of rotatable bonds is 5. The molecular weight excluding hydrogens is 292 g/mol. The van der Waals surface area contributed by atoms with Crippen LogP contribution in [0.1, 0.15) is 10.4 Å². The lowest BCUT2D eigenvalue weighted by Gasteiger charge is -2.09. The van der Waals surface area contributed by atoms with Crippen LogP contribution in [-0.4, -0.2) is 15.9 Å². The zero-order chi connectivity index (χ0) is 15.9. The van der Waals surface area contributed by atoms with E-state index in [1.54, 1.807) is 42.7 Å². The van der Waals surface area contributed by atoms with Crippen molar-refractivity contribution in [2.45, 2.75) is 0 Å². The van der Waals surface area contributed by atoms with E-state index in [-0.39, 0.29) is 5.91 Å². The Kier molecular flexibility index (Phi) is 4.44. The molecule has 3 aromatic rings.